The third-order valence-electron chi connectivity index (χ3n) is 4.62. The lowest BCUT2D eigenvalue weighted by molar-refractivity contribution is 0.0418. The highest BCUT2D eigenvalue weighted by Crippen LogP contribution is 2.48. The standard InChI is InChI=1S/C19H19N3O2/c1-13-21-16-15(7-10-20-17(16)22-13)18(23)24-12-19(8-9-19)11-14-5-3-2-4-6-14/h2-7,10H,8-9,11-12H2,1H3,(H,20,21,22). The van der Waals surface area contributed by atoms with Gasteiger partial charge in [-0.15, -0.1) is 0 Å². The number of carbonyl (C=O) groups excluding carboxylic acids is 1. The van der Waals surface area contributed by atoms with E-state index in [-0.39, 0.29) is 11.4 Å². The predicted molar refractivity (Wildman–Crippen MR) is 90.7 cm³/mol. The van der Waals surface area contributed by atoms with E-state index in [9.17, 15) is 4.79 Å². The van der Waals surface area contributed by atoms with Crippen LogP contribution in [-0.2, 0) is 11.2 Å². The van der Waals surface area contributed by atoms with Crippen LogP contribution < -0.4 is 0 Å². The molecular weight excluding hydrogens is 302 g/mol. The van der Waals surface area contributed by atoms with Crippen LogP contribution in [0, 0.1) is 12.3 Å². The predicted octanol–water partition coefficient (Wildman–Crippen LogP) is 3.45. The molecule has 0 amide bonds. The molecule has 0 aliphatic heterocycles. The minimum atomic E-state index is -0.314. The number of hydrogen-bond acceptors (Lipinski definition) is 4. The molecule has 4 rings (SSSR count). The number of fused-ring (bicyclic) bond motifs is 1. The average molecular weight is 321 g/mol. The number of hydrogen-bond donors (Lipinski definition) is 1. The summed E-state index contributed by atoms with van der Waals surface area (Å²) in [6.45, 7) is 2.30. The maximum absolute atomic E-state index is 12.5. The second-order valence-electron chi connectivity index (χ2n) is 6.62. The van der Waals surface area contributed by atoms with Crippen LogP contribution >= 0.6 is 0 Å². The van der Waals surface area contributed by atoms with E-state index < -0.39 is 0 Å². The van der Waals surface area contributed by atoms with E-state index in [0.29, 0.717) is 23.3 Å². The average Bonchev–Trinajstić information content (AvgIpc) is 3.24. The maximum Gasteiger partial charge on any atom is 0.340 e. The zero-order chi connectivity index (χ0) is 16.6. The number of aromatic nitrogens is 3. The highest BCUT2D eigenvalue weighted by molar-refractivity contribution is 6.00. The molecule has 24 heavy (non-hydrogen) atoms. The van der Waals surface area contributed by atoms with Crippen LogP contribution in [0.4, 0.5) is 0 Å². The summed E-state index contributed by atoms with van der Waals surface area (Å²) in [5.74, 6) is 0.422. The summed E-state index contributed by atoms with van der Waals surface area (Å²) in [6, 6.07) is 12.0. The Kier molecular flexibility index (Phi) is 3.56. The van der Waals surface area contributed by atoms with E-state index in [1.807, 2.05) is 25.1 Å². The van der Waals surface area contributed by atoms with E-state index in [4.69, 9.17) is 4.74 Å². The van der Waals surface area contributed by atoms with Gasteiger partial charge >= 0.3 is 5.97 Å². The molecule has 1 fully saturated rings. The lowest BCUT2D eigenvalue weighted by Crippen LogP contribution is -2.17. The zero-order valence-electron chi connectivity index (χ0n) is 13.6. The van der Waals surface area contributed by atoms with Gasteiger partial charge in [-0.05, 0) is 37.8 Å². The number of ether oxygens (including phenoxy) is 1. The van der Waals surface area contributed by atoms with Gasteiger partial charge in [0.15, 0.2) is 5.65 Å². The molecule has 1 N–H and O–H groups in total. The molecule has 2 aromatic heterocycles. The van der Waals surface area contributed by atoms with Gasteiger partial charge in [0.1, 0.15) is 5.82 Å². The van der Waals surface area contributed by atoms with Crippen molar-refractivity contribution in [3.8, 4) is 0 Å². The second-order valence-corrected chi connectivity index (χ2v) is 6.62. The molecule has 1 aliphatic carbocycles. The molecule has 0 saturated heterocycles. The van der Waals surface area contributed by atoms with Crippen LogP contribution in [0.1, 0.15) is 34.6 Å². The Morgan fingerprint density at radius 2 is 2.04 bits per heavy atom. The number of pyridine rings is 1. The van der Waals surface area contributed by atoms with Crippen molar-refractivity contribution in [3.63, 3.8) is 0 Å². The van der Waals surface area contributed by atoms with Gasteiger partial charge in [0.2, 0.25) is 0 Å². The van der Waals surface area contributed by atoms with Gasteiger partial charge in [0, 0.05) is 11.6 Å². The van der Waals surface area contributed by atoms with Gasteiger partial charge in [0.05, 0.1) is 17.7 Å². The van der Waals surface area contributed by atoms with Crippen molar-refractivity contribution in [3.05, 3.63) is 59.5 Å². The first-order valence-electron chi connectivity index (χ1n) is 8.18. The number of benzene rings is 1. The SMILES string of the molecule is Cc1nc2nccc(C(=O)OCC3(Cc4ccccc4)CC3)c2[nH]1. The molecule has 0 spiro atoms. The number of aromatic amines is 1. The summed E-state index contributed by atoms with van der Waals surface area (Å²) in [5.41, 5.74) is 3.09. The van der Waals surface area contributed by atoms with Gasteiger partial charge in [-0.2, -0.15) is 0 Å². The topological polar surface area (TPSA) is 67.9 Å². The molecule has 0 atom stereocenters. The van der Waals surface area contributed by atoms with Crippen LogP contribution in [-0.4, -0.2) is 27.5 Å². The number of aryl methyl sites for hydroxylation is 1. The molecule has 5 nitrogen and oxygen atoms in total. The second kappa shape index (κ2) is 5.74. The molecule has 1 aromatic carbocycles. The summed E-state index contributed by atoms with van der Waals surface area (Å²) in [6.07, 6.45) is 4.75. The highest BCUT2D eigenvalue weighted by Gasteiger charge is 2.43. The normalized spacial score (nSPS) is 15.4. The Hall–Kier alpha value is -2.69. The molecular formula is C19H19N3O2. The van der Waals surface area contributed by atoms with E-state index >= 15 is 0 Å². The third kappa shape index (κ3) is 2.89. The Labute approximate surface area is 140 Å². The number of H-pyrrole nitrogens is 1. The molecule has 0 radical (unpaired) electrons. The first-order chi connectivity index (χ1) is 11.7. The number of nitrogens with zero attached hydrogens (tertiary/aromatic N) is 2. The smallest absolute Gasteiger partial charge is 0.340 e. The highest BCUT2D eigenvalue weighted by atomic mass is 16.5. The molecule has 3 aromatic rings. The first-order valence-corrected chi connectivity index (χ1v) is 8.18. The zero-order valence-corrected chi connectivity index (χ0v) is 13.6. The molecule has 1 saturated carbocycles. The van der Waals surface area contributed by atoms with Crippen LogP contribution in [0.25, 0.3) is 11.2 Å². The molecule has 0 unspecified atom stereocenters. The van der Waals surface area contributed by atoms with Crippen LogP contribution in [0.15, 0.2) is 42.6 Å². The molecule has 1 aliphatic rings. The van der Waals surface area contributed by atoms with Crippen molar-refractivity contribution in [2.24, 2.45) is 5.41 Å². The summed E-state index contributed by atoms with van der Waals surface area (Å²) in [5, 5.41) is 0. The van der Waals surface area contributed by atoms with E-state index in [0.717, 1.165) is 25.1 Å². The molecule has 0 bridgehead atoms. The van der Waals surface area contributed by atoms with Crippen molar-refractivity contribution in [1.82, 2.24) is 15.0 Å². The van der Waals surface area contributed by atoms with Gasteiger partial charge in [-0.3, -0.25) is 0 Å². The lowest BCUT2D eigenvalue weighted by atomic mass is 9.97. The van der Waals surface area contributed by atoms with Gasteiger partial charge in [-0.25, -0.2) is 14.8 Å². The summed E-state index contributed by atoms with van der Waals surface area (Å²) in [7, 11) is 0. The van der Waals surface area contributed by atoms with Crippen molar-refractivity contribution in [2.75, 3.05) is 6.61 Å². The Morgan fingerprint density at radius 3 is 2.79 bits per heavy atom. The lowest BCUT2D eigenvalue weighted by Gasteiger charge is -2.15. The van der Waals surface area contributed by atoms with Crippen LogP contribution in [0.5, 0.6) is 0 Å². The van der Waals surface area contributed by atoms with Gasteiger partial charge in [-0.1, -0.05) is 30.3 Å². The minimum absolute atomic E-state index is 0.104. The maximum atomic E-state index is 12.5. The minimum Gasteiger partial charge on any atom is -0.461 e. The Bertz CT molecular complexity index is 882. The quantitative estimate of drug-likeness (QED) is 0.731. The fourth-order valence-corrected chi connectivity index (χ4v) is 3.07. The van der Waals surface area contributed by atoms with Crippen molar-refractivity contribution in [2.45, 2.75) is 26.2 Å². The first kappa shape index (κ1) is 14.9. The monoisotopic (exact) mass is 321 g/mol. The number of carbonyl (C=O) groups is 1. The van der Waals surface area contributed by atoms with Gasteiger partial charge < -0.3 is 9.72 Å². The fraction of sp³-hybridized carbons (Fsp3) is 0.316. The van der Waals surface area contributed by atoms with E-state index in [2.05, 4.69) is 27.1 Å². The van der Waals surface area contributed by atoms with Crippen molar-refractivity contribution >= 4 is 17.1 Å². The van der Waals surface area contributed by atoms with E-state index in [1.54, 1.807) is 12.3 Å². The third-order valence-corrected chi connectivity index (χ3v) is 4.62. The summed E-state index contributed by atoms with van der Waals surface area (Å²) >= 11 is 0. The number of imidazole rings is 1. The molecule has 5 heteroatoms. The Balaban J connectivity index is 1.46. The van der Waals surface area contributed by atoms with Crippen molar-refractivity contribution in [1.29, 1.82) is 0 Å². The Morgan fingerprint density at radius 1 is 1.25 bits per heavy atom. The summed E-state index contributed by atoms with van der Waals surface area (Å²) < 4.78 is 5.63. The summed E-state index contributed by atoms with van der Waals surface area (Å²) in [4.78, 5) is 24.0. The van der Waals surface area contributed by atoms with Crippen LogP contribution in [0.3, 0.4) is 0 Å². The number of nitrogens with one attached hydrogen (secondary N) is 1. The van der Waals surface area contributed by atoms with Crippen molar-refractivity contribution < 1.29 is 9.53 Å². The molecule has 122 valence electrons. The van der Waals surface area contributed by atoms with Gasteiger partial charge in [0.25, 0.3) is 0 Å². The van der Waals surface area contributed by atoms with Crippen LogP contribution in [0.2, 0.25) is 0 Å². The largest absolute Gasteiger partial charge is 0.461 e. The van der Waals surface area contributed by atoms with E-state index in [1.165, 1.54) is 5.56 Å². The fourth-order valence-electron chi connectivity index (χ4n) is 3.07. The number of esters is 1. The number of rotatable bonds is 5. The molecule has 2 heterocycles.